The van der Waals surface area contributed by atoms with Crippen molar-refractivity contribution in [1.82, 2.24) is 9.78 Å². The number of anilines is 1. The Morgan fingerprint density at radius 3 is 2.39 bits per heavy atom. The van der Waals surface area contributed by atoms with Gasteiger partial charge >= 0.3 is 0 Å². The lowest BCUT2D eigenvalue weighted by atomic mass is 9.82. The van der Waals surface area contributed by atoms with Gasteiger partial charge in [0.2, 0.25) is 0 Å². The van der Waals surface area contributed by atoms with Crippen LogP contribution in [0.15, 0.2) is 54.6 Å². The van der Waals surface area contributed by atoms with Crippen LogP contribution in [0.25, 0.3) is 11.3 Å². The van der Waals surface area contributed by atoms with E-state index in [1.54, 1.807) is 0 Å². The molecule has 6 heteroatoms. The SMILES string of the molecule is NC(=O)c1c(-c2ccc(Oc3ccccc3)cc2)nn2c1NCCC2C1CCCCC1. The van der Waals surface area contributed by atoms with Crippen molar-refractivity contribution in [3.05, 3.63) is 60.2 Å². The average molecular weight is 417 g/mol. The molecule has 1 amide bonds. The topological polar surface area (TPSA) is 82.2 Å². The first-order valence-electron chi connectivity index (χ1n) is 11.2. The Morgan fingerprint density at radius 2 is 1.68 bits per heavy atom. The molecule has 0 spiro atoms. The van der Waals surface area contributed by atoms with Gasteiger partial charge in [0.1, 0.15) is 28.6 Å². The molecular weight excluding hydrogens is 388 g/mol. The molecule has 3 aromatic rings. The van der Waals surface area contributed by atoms with E-state index < -0.39 is 5.91 Å². The van der Waals surface area contributed by atoms with Crippen LogP contribution in [0.2, 0.25) is 0 Å². The molecule has 5 rings (SSSR count). The Hall–Kier alpha value is -3.28. The smallest absolute Gasteiger partial charge is 0.254 e. The highest BCUT2D eigenvalue weighted by Gasteiger charge is 2.34. The highest BCUT2D eigenvalue weighted by molar-refractivity contribution is 6.03. The molecule has 2 aliphatic rings. The second-order valence-corrected chi connectivity index (χ2v) is 8.50. The summed E-state index contributed by atoms with van der Waals surface area (Å²) in [6, 6.07) is 17.7. The van der Waals surface area contributed by atoms with Gasteiger partial charge in [-0.25, -0.2) is 4.68 Å². The number of primary amides is 1. The van der Waals surface area contributed by atoms with Gasteiger partial charge < -0.3 is 15.8 Å². The number of nitrogens with two attached hydrogens (primary N) is 1. The van der Waals surface area contributed by atoms with E-state index in [0.29, 0.717) is 23.2 Å². The Kier molecular flexibility index (Phi) is 5.37. The van der Waals surface area contributed by atoms with Gasteiger partial charge in [-0.05, 0) is 61.6 Å². The fourth-order valence-electron chi connectivity index (χ4n) is 5.00. The van der Waals surface area contributed by atoms with E-state index in [1.165, 1.54) is 32.1 Å². The lowest BCUT2D eigenvalue weighted by molar-refractivity contribution is 0.100. The van der Waals surface area contributed by atoms with E-state index in [0.717, 1.165) is 35.8 Å². The molecular formula is C25H28N4O2. The number of hydrogen-bond acceptors (Lipinski definition) is 4. The summed E-state index contributed by atoms with van der Waals surface area (Å²) in [5, 5.41) is 8.32. The lowest BCUT2D eigenvalue weighted by Gasteiger charge is -2.34. The second kappa shape index (κ2) is 8.46. The van der Waals surface area contributed by atoms with Gasteiger partial charge in [0, 0.05) is 12.1 Å². The molecule has 1 aliphatic heterocycles. The van der Waals surface area contributed by atoms with Gasteiger partial charge in [-0.15, -0.1) is 0 Å². The number of fused-ring (bicyclic) bond motifs is 1. The first kappa shape index (κ1) is 19.7. The summed E-state index contributed by atoms with van der Waals surface area (Å²) in [7, 11) is 0. The molecule has 1 aromatic heterocycles. The maximum absolute atomic E-state index is 12.4. The van der Waals surface area contributed by atoms with Crippen LogP contribution in [0.5, 0.6) is 11.5 Å². The Bertz CT molecular complexity index is 1050. The molecule has 1 atom stereocenters. The van der Waals surface area contributed by atoms with Gasteiger partial charge in [0.15, 0.2) is 0 Å². The van der Waals surface area contributed by atoms with Crippen molar-refractivity contribution in [1.29, 1.82) is 0 Å². The Morgan fingerprint density at radius 1 is 0.968 bits per heavy atom. The molecule has 31 heavy (non-hydrogen) atoms. The number of aromatic nitrogens is 2. The van der Waals surface area contributed by atoms with Crippen LogP contribution in [-0.2, 0) is 0 Å². The number of amides is 1. The van der Waals surface area contributed by atoms with Crippen molar-refractivity contribution >= 4 is 11.7 Å². The molecule has 160 valence electrons. The monoisotopic (exact) mass is 416 g/mol. The van der Waals surface area contributed by atoms with Crippen molar-refractivity contribution in [2.45, 2.75) is 44.6 Å². The number of ether oxygens (including phenoxy) is 1. The summed E-state index contributed by atoms with van der Waals surface area (Å²) >= 11 is 0. The van der Waals surface area contributed by atoms with E-state index in [2.05, 4.69) is 5.32 Å². The standard InChI is InChI=1S/C25H28N4O2/c26-24(30)22-23(18-11-13-20(14-12-18)31-19-9-5-2-6-10-19)28-29-21(15-16-27-25(22)29)17-7-3-1-4-8-17/h2,5-6,9-14,17,21,27H,1,3-4,7-8,15-16H2,(H2,26,30). The van der Waals surface area contributed by atoms with Crippen molar-refractivity contribution in [3.8, 4) is 22.8 Å². The number of carbonyl (C=O) groups excluding carboxylic acids is 1. The van der Waals surface area contributed by atoms with E-state index in [-0.39, 0.29) is 0 Å². The Balaban J connectivity index is 1.47. The van der Waals surface area contributed by atoms with Crippen molar-refractivity contribution in [2.75, 3.05) is 11.9 Å². The number of nitrogens with one attached hydrogen (secondary N) is 1. The minimum atomic E-state index is -0.447. The van der Waals surface area contributed by atoms with Crippen LogP contribution < -0.4 is 15.8 Å². The third kappa shape index (κ3) is 3.90. The molecule has 1 fully saturated rings. The van der Waals surface area contributed by atoms with Crippen molar-refractivity contribution in [3.63, 3.8) is 0 Å². The zero-order valence-corrected chi connectivity index (χ0v) is 17.6. The fourth-order valence-corrected chi connectivity index (χ4v) is 5.00. The summed E-state index contributed by atoms with van der Waals surface area (Å²) in [6.45, 7) is 0.844. The second-order valence-electron chi connectivity index (χ2n) is 8.50. The fraction of sp³-hybridized carbons (Fsp3) is 0.360. The van der Waals surface area contributed by atoms with Crippen LogP contribution in [0.1, 0.15) is 54.9 Å². The predicted molar refractivity (Wildman–Crippen MR) is 121 cm³/mol. The van der Waals surface area contributed by atoms with Crippen LogP contribution in [-0.4, -0.2) is 22.2 Å². The van der Waals surface area contributed by atoms with E-state index in [4.69, 9.17) is 15.6 Å². The third-order valence-electron chi connectivity index (χ3n) is 6.50. The molecule has 3 N–H and O–H groups in total. The van der Waals surface area contributed by atoms with Crippen molar-refractivity contribution in [2.24, 2.45) is 11.7 Å². The van der Waals surface area contributed by atoms with Crippen LogP contribution in [0.3, 0.4) is 0 Å². The van der Waals surface area contributed by atoms with E-state index >= 15 is 0 Å². The first-order chi connectivity index (χ1) is 15.2. The molecule has 0 saturated heterocycles. The Labute approximate surface area is 182 Å². The largest absolute Gasteiger partial charge is 0.457 e. The minimum absolute atomic E-state index is 0.323. The highest BCUT2D eigenvalue weighted by atomic mass is 16.5. The molecule has 6 nitrogen and oxygen atoms in total. The summed E-state index contributed by atoms with van der Waals surface area (Å²) < 4.78 is 7.94. The number of hydrogen-bond donors (Lipinski definition) is 2. The third-order valence-corrected chi connectivity index (χ3v) is 6.50. The zero-order valence-electron chi connectivity index (χ0n) is 17.6. The molecule has 1 aliphatic carbocycles. The molecule has 2 aromatic carbocycles. The van der Waals surface area contributed by atoms with Crippen LogP contribution in [0, 0.1) is 5.92 Å². The maximum atomic E-state index is 12.4. The summed E-state index contributed by atoms with van der Waals surface area (Å²) in [4.78, 5) is 12.4. The molecule has 0 radical (unpaired) electrons. The summed E-state index contributed by atoms with van der Waals surface area (Å²) in [5.74, 6) is 2.46. The normalized spacial score (nSPS) is 18.8. The number of rotatable bonds is 5. The number of nitrogens with zero attached hydrogens (tertiary/aromatic N) is 2. The molecule has 0 bridgehead atoms. The average Bonchev–Trinajstić information content (AvgIpc) is 3.21. The van der Waals surface area contributed by atoms with Gasteiger partial charge in [-0.2, -0.15) is 5.10 Å². The molecule has 1 saturated carbocycles. The quantitative estimate of drug-likeness (QED) is 0.585. The van der Waals surface area contributed by atoms with Gasteiger partial charge in [0.25, 0.3) is 5.91 Å². The number of benzene rings is 2. The van der Waals surface area contributed by atoms with Gasteiger partial charge in [-0.3, -0.25) is 4.79 Å². The zero-order chi connectivity index (χ0) is 21.2. The molecule has 2 heterocycles. The van der Waals surface area contributed by atoms with Crippen LogP contribution >= 0.6 is 0 Å². The lowest BCUT2D eigenvalue weighted by Crippen LogP contribution is -2.31. The maximum Gasteiger partial charge on any atom is 0.254 e. The van der Waals surface area contributed by atoms with E-state index in [1.807, 2.05) is 59.3 Å². The summed E-state index contributed by atoms with van der Waals surface area (Å²) in [5.41, 5.74) is 7.81. The van der Waals surface area contributed by atoms with Crippen LogP contribution in [0.4, 0.5) is 5.82 Å². The highest BCUT2D eigenvalue weighted by Crippen LogP contribution is 2.41. The number of carbonyl (C=O) groups is 1. The predicted octanol–water partition coefficient (Wildman–Crippen LogP) is 5.38. The number of para-hydroxylation sites is 1. The first-order valence-corrected chi connectivity index (χ1v) is 11.2. The minimum Gasteiger partial charge on any atom is -0.457 e. The van der Waals surface area contributed by atoms with Gasteiger partial charge in [-0.1, -0.05) is 37.5 Å². The van der Waals surface area contributed by atoms with Gasteiger partial charge in [0.05, 0.1) is 6.04 Å². The summed E-state index contributed by atoms with van der Waals surface area (Å²) in [6.07, 6.45) is 7.38. The van der Waals surface area contributed by atoms with Crippen molar-refractivity contribution < 1.29 is 9.53 Å². The van der Waals surface area contributed by atoms with E-state index in [9.17, 15) is 4.79 Å². The molecule has 1 unspecified atom stereocenters.